The van der Waals surface area contributed by atoms with Crippen LogP contribution in [0.3, 0.4) is 0 Å². The Bertz CT molecular complexity index is 260. The molecule has 1 aliphatic heterocycles. The first kappa shape index (κ1) is 8.59. The van der Waals surface area contributed by atoms with Crippen molar-refractivity contribution in [1.82, 2.24) is 4.47 Å². The molecular weight excluding hydrogens is 196 g/mol. The van der Waals surface area contributed by atoms with Gasteiger partial charge < -0.3 is 0 Å². The van der Waals surface area contributed by atoms with E-state index in [0.29, 0.717) is 4.47 Å². The summed E-state index contributed by atoms with van der Waals surface area (Å²) in [5.41, 5.74) is 0. The van der Waals surface area contributed by atoms with Crippen molar-refractivity contribution < 1.29 is 21.9 Å². The number of nitrogens with one attached hydrogen (secondary N) is 1. The molecule has 7 nitrogen and oxygen atoms in total. The zero-order valence-electron chi connectivity index (χ0n) is 5.30. The van der Waals surface area contributed by atoms with Gasteiger partial charge in [0.15, 0.2) is 0 Å². The summed E-state index contributed by atoms with van der Waals surface area (Å²) in [5, 5.41) is 6.89. The van der Waals surface area contributed by atoms with Gasteiger partial charge in [-0.25, -0.2) is 5.41 Å². The number of hydroxylamine groups is 1. The van der Waals surface area contributed by atoms with E-state index in [4.69, 9.17) is 5.41 Å². The van der Waals surface area contributed by atoms with Crippen LogP contribution in [0.5, 0.6) is 0 Å². The molecule has 0 atom stereocenters. The quantitative estimate of drug-likeness (QED) is 0.456. The molecular formula is C2H4N2O5S2. The topological polar surface area (TPSA) is 88.9 Å². The Hall–Kier alpha value is -0.510. The van der Waals surface area contributed by atoms with E-state index in [2.05, 4.69) is 13.5 Å². The van der Waals surface area contributed by atoms with Crippen molar-refractivity contribution >= 4 is 28.4 Å². The number of rotatable bonds is 1. The summed E-state index contributed by atoms with van der Waals surface area (Å²) < 4.78 is 29.4. The maximum atomic E-state index is 10.4. The second-order valence-corrected chi connectivity index (χ2v) is 3.18. The molecule has 1 heterocycles. The number of hydrogen-bond acceptors (Lipinski definition) is 7. The summed E-state index contributed by atoms with van der Waals surface area (Å²) >= 11 is 0.859. The van der Waals surface area contributed by atoms with E-state index < -0.39 is 16.4 Å². The van der Waals surface area contributed by atoms with E-state index in [0.717, 1.165) is 11.9 Å². The van der Waals surface area contributed by atoms with Crippen molar-refractivity contribution in [3.8, 4) is 0 Å². The molecule has 0 aromatic heterocycles. The van der Waals surface area contributed by atoms with Gasteiger partial charge in [-0.05, 0) is 16.3 Å². The Labute approximate surface area is 67.1 Å². The molecule has 0 radical (unpaired) electrons. The van der Waals surface area contributed by atoms with Crippen molar-refractivity contribution in [3.63, 3.8) is 0 Å². The lowest BCUT2D eigenvalue weighted by Gasteiger charge is -2.21. The summed E-state index contributed by atoms with van der Waals surface area (Å²) in [6.45, 7) is 0. The van der Waals surface area contributed by atoms with Gasteiger partial charge in [0.2, 0.25) is 0 Å². The average molecular weight is 200 g/mol. The van der Waals surface area contributed by atoms with Gasteiger partial charge in [0.05, 0.1) is 0 Å². The van der Waals surface area contributed by atoms with Crippen LogP contribution in [-0.4, -0.2) is 25.2 Å². The first-order chi connectivity index (χ1) is 5.05. The molecule has 0 spiro atoms. The molecule has 0 aliphatic carbocycles. The van der Waals surface area contributed by atoms with E-state index in [9.17, 15) is 8.42 Å². The van der Waals surface area contributed by atoms with E-state index in [-0.39, 0.29) is 0 Å². The molecule has 1 aliphatic rings. The molecule has 64 valence electrons. The summed E-state index contributed by atoms with van der Waals surface area (Å²) in [6, 6.07) is -0.535. The van der Waals surface area contributed by atoms with Crippen LogP contribution in [0.1, 0.15) is 0 Å². The molecule has 0 amide bonds. The van der Waals surface area contributed by atoms with Crippen LogP contribution in [0, 0.1) is 5.41 Å². The van der Waals surface area contributed by atoms with Gasteiger partial charge in [-0.2, -0.15) is 8.42 Å². The summed E-state index contributed by atoms with van der Waals surface area (Å²) in [5.74, 6) is 0. The highest BCUT2D eigenvalue weighted by molar-refractivity contribution is 7.97. The van der Waals surface area contributed by atoms with Gasteiger partial charge in [-0.3, -0.25) is 4.89 Å². The Kier molecular flexibility index (Phi) is 2.23. The molecule has 0 saturated carbocycles. The van der Waals surface area contributed by atoms with Gasteiger partial charge >= 0.3 is 16.4 Å². The van der Waals surface area contributed by atoms with Crippen molar-refractivity contribution in [2.24, 2.45) is 0 Å². The Balaban J connectivity index is 2.74. The number of hydrogen-bond donors (Lipinski definition) is 1. The molecule has 1 fully saturated rings. The predicted octanol–water partition coefficient (Wildman–Crippen LogP) is -0.361. The second-order valence-electron chi connectivity index (χ2n) is 1.38. The van der Waals surface area contributed by atoms with Crippen LogP contribution in [-0.2, 0) is 23.9 Å². The van der Waals surface area contributed by atoms with E-state index in [1.165, 1.54) is 6.26 Å². The Morgan fingerprint density at radius 2 is 2.27 bits per heavy atom. The minimum Gasteiger partial charge on any atom is -0.276 e. The predicted molar refractivity (Wildman–Crippen MR) is 35.3 cm³/mol. The van der Waals surface area contributed by atoms with E-state index >= 15 is 0 Å². The van der Waals surface area contributed by atoms with Gasteiger partial charge in [0.1, 0.15) is 0 Å². The minimum atomic E-state index is -4.13. The molecule has 1 rings (SSSR count). The first-order valence-corrected chi connectivity index (χ1v) is 4.80. The molecule has 9 heteroatoms. The molecule has 0 aromatic carbocycles. The third kappa shape index (κ3) is 1.96. The van der Waals surface area contributed by atoms with Crippen molar-refractivity contribution in [2.75, 3.05) is 6.26 Å². The van der Waals surface area contributed by atoms with E-state index in [1.54, 1.807) is 0 Å². The van der Waals surface area contributed by atoms with Crippen LogP contribution in [0.4, 0.5) is 0 Å². The third-order valence-electron chi connectivity index (χ3n) is 0.687. The normalized spacial score (nSPS) is 23.0. The zero-order valence-corrected chi connectivity index (χ0v) is 6.94. The minimum absolute atomic E-state index is 0.535. The third-order valence-corrected chi connectivity index (χ3v) is 1.92. The summed E-state index contributed by atoms with van der Waals surface area (Å²) in [4.78, 5) is 3.97. The van der Waals surface area contributed by atoms with Gasteiger partial charge in [-0.1, -0.05) is 0 Å². The van der Waals surface area contributed by atoms with Crippen LogP contribution in [0.2, 0.25) is 0 Å². The maximum absolute atomic E-state index is 10.4. The SMILES string of the molecule is CSN1OS(=O)(=O)OOC1=N. The van der Waals surface area contributed by atoms with E-state index in [1.807, 2.05) is 0 Å². The molecule has 1 N–H and O–H groups in total. The fraction of sp³-hybridized carbons (Fsp3) is 0.500. The smallest absolute Gasteiger partial charge is 0.276 e. The highest BCUT2D eigenvalue weighted by atomic mass is 32.3. The highest BCUT2D eigenvalue weighted by Crippen LogP contribution is 2.17. The fourth-order valence-electron chi connectivity index (χ4n) is 0.347. The van der Waals surface area contributed by atoms with Crippen molar-refractivity contribution in [3.05, 3.63) is 0 Å². The van der Waals surface area contributed by atoms with Crippen LogP contribution in [0.15, 0.2) is 0 Å². The van der Waals surface area contributed by atoms with Crippen LogP contribution in [0.25, 0.3) is 0 Å². The Morgan fingerprint density at radius 3 is 2.73 bits per heavy atom. The van der Waals surface area contributed by atoms with Gasteiger partial charge in [0, 0.05) is 6.26 Å². The fourth-order valence-corrected chi connectivity index (χ4v) is 1.42. The molecule has 11 heavy (non-hydrogen) atoms. The van der Waals surface area contributed by atoms with Crippen LogP contribution < -0.4 is 0 Å². The lowest BCUT2D eigenvalue weighted by molar-refractivity contribution is -0.179. The largest absolute Gasteiger partial charge is 0.457 e. The lowest BCUT2D eigenvalue weighted by Crippen LogP contribution is -2.35. The Morgan fingerprint density at radius 1 is 1.64 bits per heavy atom. The van der Waals surface area contributed by atoms with Gasteiger partial charge in [0.25, 0.3) is 0 Å². The molecule has 0 aromatic rings. The van der Waals surface area contributed by atoms with Crippen molar-refractivity contribution in [1.29, 1.82) is 5.41 Å². The monoisotopic (exact) mass is 200 g/mol. The maximum Gasteiger partial charge on any atom is 0.457 e. The number of amidine groups is 1. The summed E-state index contributed by atoms with van der Waals surface area (Å²) in [7, 11) is -4.13. The first-order valence-electron chi connectivity index (χ1n) is 2.28. The lowest BCUT2D eigenvalue weighted by atomic mass is 11.2. The number of nitrogens with zero attached hydrogens (tertiary/aromatic N) is 1. The molecule has 1 saturated heterocycles. The zero-order chi connectivity index (χ0) is 8.48. The second kappa shape index (κ2) is 2.85. The van der Waals surface area contributed by atoms with Crippen molar-refractivity contribution in [2.45, 2.75) is 0 Å². The van der Waals surface area contributed by atoms with Crippen LogP contribution >= 0.6 is 11.9 Å². The summed E-state index contributed by atoms with van der Waals surface area (Å²) in [6.07, 6.45) is 1.51. The van der Waals surface area contributed by atoms with Gasteiger partial charge in [-0.15, -0.1) is 8.75 Å². The average Bonchev–Trinajstić information content (AvgIpc) is 1.94. The highest BCUT2D eigenvalue weighted by Gasteiger charge is 2.31. The standard InChI is InChI=1S/C2H4N2O5S2/c1-10-4-2(3)7-9-11(5,6)8-4/h3H,1H3. The molecule has 0 bridgehead atoms. The molecule has 0 unspecified atom stereocenters.